The maximum absolute atomic E-state index is 14.5. The number of amides is 1. The molecule has 190 valence electrons. The highest BCUT2D eigenvalue weighted by molar-refractivity contribution is 6.11. The minimum atomic E-state index is -1.62. The van der Waals surface area contributed by atoms with Crippen LogP contribution in [0, 0.1) is 22.0 Å². The summed E-state index contributed by atoms with van der Waals surface area (Å²) in [6.07, 6.45) is 0.142. The number of nitrogens with zero attached hydrogens (tertiary/aromatic N) is 2. The van der Waals surface area contributed by atoms with E-state index in [4.69, 9.17) is 9.47 Å². The van der Waals surface area contributed by atoms with E-state index in [2.05, 4.69) is 0 Å². The summed E-state index contributed by atoms with van der Waals surface area (Å²) in [5, 5.41) is 12.2. The highest BCUT2D eigenvalue weighted by Crippen LogP contribution is 2.57. The van der Waals surface area contributed by atoms with E-state index in [-0.39, 0.29) is 39.0 Å². The van der Waals surface area contributed by atoms with Gasteiger partial charge >= 0.3 is 11.9 Å². The van der Waals surface area contributed by atoms with Crippen LogP contribution >= 0.6 is 0 Å². The standard InChI is InChI=1S/C27H30N2O7/c1-3-35-23(30)16-19-14-15-22(29(33)34)24(25(31)36-4-2)27(19)20-12-8-9-13-21(20)28(26(27)32)17-18-10-6-5-7-11-18/h5-13,19,22,24H,3-4,14-17H2,1-2H3/t19-,22+,24+,27+/m0/s1. The van der Waals surface area contributed by atoms with Crippen molar-refractivity contribution < 1.29 is 28.8 Å². The fourth-order valence-electron chi connectivity index (χ4n) is 5.93. The molecule has 1 fully saturated rings. The van der Waals surface area contributed by atoms with Crippen LogP contribution in [0.4, 0.5) is 5.69 Å². The zero-order chi connectivity index (χ0) is 25.9. The van der Waals surface area contributed by atoms with Crippen LogP contribution in [-0.2, 0) is 35.8 Å². The van der Waals surface area contributed by atoms with Crippen molar-refractivity contribution in [3.8, 4) is 0 Å². The summed E-state index contributed by atoms with van der Waals surface area (Å²) in [4.78, 5) is 53.9. The molecule has 0 aromatic heterocycles. The Morgan fingerprint density at radius 2 is 1.69 bits per heavy atom. The molecule has 0 radical (unpaired) electrons. The van der Waals surface area contributed by atoms with Gasteiger partial charge in [-0.25, -0.2) is 0 Å². The molecule has 9 heteroatoms. The lowest BCUT2D eigenvalue weighted by Gasteiger charge is -2.45. The van der Waals surface area contributed by atoms with Crippen molar-refractivity contribution in [3.63, 3.8) is 0 Å². The van der Waals surface area contributed by atoms with E-state index in [1.165, 1.54) is 0 Å². The fraction of sp³-hybridized carbons (Fsp3) is 0.444. The number of fused-ring (bicyclic) bond motifs is 2. The van der Waals surface area contributed by atoms with Gasteiger partial charge in [0.2, 0.25) is 11.9 Å². The summed E-state index contributed by atoms with van der Waals surface area (Å²) in [5.74, 6) is -3.77. The number of carbonyl (C=O) groups excluding carboxylic acids is 3. The summed E-state index contributed by atoms with van der Waals surface area (Å²) >= 11 is 0. The van der Waals surface area contributed by atoms with E-state index in [0.29, 0.717) is 11.3 Å². The number of rotatable bonds is 8. The van der Waals surface area contributed by atoms with E-state index in [0.717, 1.165) is 5.56 Å². The van der Waals surface area contributed by atoms with Gasteiger partial charge < -0.3 is 14.4 Å². The van der Waals surface area contributed by atoms with Crippen LogP contribution in [0.3, 0.4) is 0 Å². The van der Waals surface area contributed by atoms with Crippen molar-refractivity contribution in [1.29, 1.82) is 0 Å². The lowest BCUT2D eigenvalue weighted by atomic mass is 9.55. The minimum absolute atomic E-state index is 0.0158. The summed E-state index contributed by atoms with van der Waals surface area (Å²) in [5.41, 5.74) is 0.345. The van der Waals surface area contributed by atoms with E-state index in [1.54, 1.807) is 43.0 Å². The average molecular weight is 495 g/mol. The highest BCUT2D eigenvalue weighted by atomic mass is 16.6. The van der Waals surface area contributed by atoms with Crippen LogP contribution in [0.25, 0.3) is 0 Å². The normalized spacial score (nSPS) is 24.9. The van der Waals surface area contributed by atoms with Crippen LogP contribution in [0.15, 0.2) is 54.6 Å². The summed E-state index contributed by atoms with van der Waals surface area (Å²) in [7, 11) is 0. The Bertz CT molecular complexity index is 1150. The molecule has 1 aliphatic carbocycles. The van der Waals surface area contributed by atoms with Crippen LogP contribution in [0.5, 0.6) is 0 Å². The second-order valence-electron chi connectivity index (χ2n) is 9.13. The largest absolute Gasteiger partial charge is 0.466 e. The molecule has 0 bridgehead atoms. The van der Waals surface area contributed by atoms with Gasteiger partial charge in [0.15, 0.2) is 0 Å². The van der Waals surface area contributed by atoms with Gasteiger partial charge in [0.05, 0.1) is 25.2 Å². The molecule has 4 atom stereocenters. The SMILES string of the molecule is CCOC(=O)C[C@@H]1CC[C@@H]([N+](=O)[O-])[C@H](C(=O)OCC)[C@@]12C(=O)N(Cc1ccccc1)c1ccccc12. The Morgan fingerprint density at radius 1 is 1.03 bits per heavy atom. The minimum Gasteiger partial charge on any atom is -0.466 e. The number of ether oxygens (including phenoxy) is 2. The van der Waals surface area contributed by atoms with Gasteiger partial charge in [0, 0.05) is 23.5 Å². The first-order valence-electron chi connectivity index (χ1n) is 12.3. The van der Waals surface area contributed by atoms with Crippen molar-refractivity contribution in [1.82, 2.24) is 0 Å². The predicted octanol–water partition coefficient (Wildman–Crippen LogP) is 3.66. The molecule has 4 rings (SSSR count). The molecule has 2 aromatic carbocycles. The molecule has 9 nitrogen and oxygen atoms in total. The molecule has 0 N–H and O–H groups in total. The first kappa shape index (κ1) is 25.3. The van der Waals surface area contributed by atoms with Gasteiger partial charge in [-0.15, -0.1) is 0 Å². The Hall–Kier alpha value is -3.75. The topological polar surface area (TPSA) is 116 Å². The van der Waals surface area contributed by atoms with Crippen LogP contribution in [-0.4, -0.2) is 42.0 Å². The van der Waals surface area contributed by atoms with Crippen molar-refractivity contribution in [3.05, 3.63) is 75.8 Å². The van der Waals surface area contributed by atoms with Gasteiger partial charge in [-0.1, -0.05) is 48.5 Å². The molecule has 1 spiro atoms. The van der Waals surface area contributed by atoms with E-state index in [9.17, 15) is 24.5 Å². The van der Waals surface area contributed by atoms with Crippen molar-refractivity contribution in [2.24, 2.45) is 11.8 Å². The molecule has 2 aromatic rings. The Labute approximate surface area is 209 Å². The predicted molar refractivity (Wildman–Crippen MR) is 131 cm³/mol. The number of carbonyl (C=O) groups is 3. The third-order valence-electron chi connectivity index (χ3n) is 7.28. The van der Waals surface area contributed by atoms with Gasteiger partial charge in [-0.2, -0.15) is 0 Å². The number of esters is 2. The highest BCUT2D eigenvalue weighted by Gasteiger charge is 2.68. The second-order valence-corrected chi connectivity index (χ2v) is 9.13. The maximum atomic E-state index is 14.5. The zero-order valence-electron chi connectivity index (χ0n) is 20.4. The molecule has 1 saturated carbocycles. The summed E-state index contributed by atoms with van der Waals surface area (Å²) < 4.78 is 10.5. The van der Waals surface area contributed by atoms with Crippen LogP contribution in [0.1, 0.15) is 44.2 Å². The monoisotopic (exact) mass is 494 g/mol. The molecule has 0 unspecified atom stereocenters. The number of nitro groups is 1. The van der Waals surface area contributed by atoms with Gasteiger partial charge in [0.1, 0.15) is 5.92 Å². The maximum Gasteiger partial charge on any atom is 0.317 e. The first-order chi connectivity index (χ1) is 17.4. The zero-order valence-corrected chi connectivity index (χ0v) is 20.4. The number of para-hydroxylation sites is 1. The van der Waals surface area contributed by atoms with E-state index < -0.39 is 46.1 Å². The number of benzene rings is 2. The molecular weight excluding hydrogens is 464 g/mol. The Balaban J connectivity index is 1.93. The van der Waals surface area contributed by atoms with Crippen molar-refractivity contribution in [2.75, 3.05) is 18.1 Å². The van der Waals surface area contributed by atoms with E-state index >= 15 is 0 Å². The van der Waals surface area contributed by atoms with Crippen molar-refractivity contribution in [2.45, 2.75) is 51.1 Å². The van der Waals surface area contributed by atoms with Crippen LogP contribution < -0.4 is 4.90 Å². The summed E-state index contributed by atoms with van der Waals surface area (Å²) in [6.45, 7) is 3.72. The first-order valence-corrected chi connectivity index (χ1v) is 12.3. The molecule has 2 aliphatic rings. The summed E-state index contributed by atoms with van der Waals surface area (Å²) in [6, 6.07) is 15.1. The average Bonchev–Trinajstić information content (AvgIpc) is 3.09. The Morgan fingerprint density at radius 3 is 2.36 bits per heavy atom. The number of anilines is 1. The van der Waals surface area contributed by atoms with Gasteiger partial charge in [0.25, 0.3) is 0 Å². The molecule has 36 heavy (non-hydrogen) atoms. The number of hydrogen-bond donors (Lipinski definition) is 0. The fourth-order valence-corrected chi connectivity index (χ4v) is 5.93. The molecule has 1 aliphatic heterocycles. The molecule has 1 amide bonds. The number of hydrogen-bond acceptors (Lipinski definition) is 7. The van der Waals surface area contributed by atoms with Crippen molar-refractivity contribution >= 4 is 23.5 Å². The third kappa shape index (κ3) is 4.23. The van der Waals surface area contributed by atoms with Crippen LogP contribution in [0.2, 0.25) is 0 Å². The molecule has 0 saturated heterocycles. The molecule has 1 heterocycles. The van der Waals surface area contributed by atoms with Gasteiger partial charge in [-0.3, -0.25) is 24.5 Å². The Kier molecular flexibility index (Phi) is 7.37. The quantitative estimate of drug-likeness (QED) is 0.312. The lowest BCUT2D eigenvalue weighted by molar-refractivity contribution is -0.536. The third-order valence-corrected chi connectivity index (χ3v) is 7.28. The van der Waals surface area contributed by atoms with E-state index in [1.807, 2.05) is 30.3 Å². The second kappa shape index (κ2) is 10.5. The van der Waals surface area contributed by atoms with Gasteiger partial charge in [-0.05, 0) is 43.4 Å². The smallest absolute Gasteiger partial charge is 0.317 e. The lowest BCUT2D eigenvalue weighted by Crippen LogP contribution is -2.61. The molecular formula is C27H30N2O7.